The van der Waals surface area contributed by atoms with Gasteiger partial charge in [-0.05, 0) is 43.5 Å². The molecule has 3 rings (SSSR count). The van der Waals surface area contributed by atoms with Crippen LogP contribution in [0.4, 0.5) is 5.69 Å². The number of aromatic nitrogens is 3. The molecule has 0 unspecified atom stereocenters. The molecule has 11 heteroatoms. The van der Waals surface area contributed by atoms with E-state index in [-0.39, 0.29) is 34.5 Å². The van der Waals surface area contributed by atoms with E-state index in [0.29, 0.717) is 5.16 Å². The fourth-order valence-corrected chi connectivity index (χ4v) is 4.49. The maximum atomic E-state index is 12.6. The number of methoxy groups -OCH3 is 2. The molecule has 0 fully saturated rings. The summed E-state index contributed by atoms with van der Waals surface area (Å²) >= 11 is 2.82. The van der Waals surface area contributed by atoms with E-state index < -0.39 is 11.9 Å². The molecular weight excluding hydrogens is 452 g/mol. The van der Waals surface area contributed by atoms with Gasteiger partial charge in [0.2, 0.25) is 5.91 Å². The molecule has 2 heterocycles. The lowest BCUT2D eigenvalue weighted by molar-refractivity contribution is -0.113. The van der Waals surface area contributed by atoms with E-state index in [9.17, 15) is 14.4 Å². The fraction of sp³-hybridized carbons (Fsp3) is 0.286. The number of nitrogens with one attached hydrogen (secondary N) is 1. The predicted molar refractivity (Wildman–Crippen MR) is 122 cm³/mol. The van der Waals surface area contributed by atoms with Crippen LogP contribution in [0.2, 0.25) is 0 Å². The molecule has 1 N–H and O–H groups in total. The van der Waals surface area contributed by atoms with E-state index in [2.05, 4.69) is 15.5 Å². The van der Waals surface area contributed by atoms with Crippen LogP contribution in [0, 0.1) is 0 Å². The molecule has 0 atom stereocenters. The quantitative estimate of drug-likeness (QED) is 0.386. The van der Waals surface area contributed by atoms with Crippen LogP contribution in [0.1, 0.15) is 40.6 Å². The van der Waals surface area contributed by atoms with E-state index >= 15 is 0 Å². The molecule has 1 aromatic carbocycles. The molecule has 0 saturated heterocycles. The summed E-state index contributed by atoms with van der Waals surface area (Å²) in [6.45, 7) is 4.05. The van der Waals surface area contributed by atoms with Crippen molar-refractivity contribution in [3.63, 3.8) is 0 Å². The Bertz CT molecular complexity index is 1090. The first-order valence-corrected chi connectivity index (χ1v) is 11.4. The van der Waals surface area contributed by atoms with Gasteiger partial charge in [-0.3, -0.25) is 9.36 Å². The molecule has 3 aromatic rings. The second-order valence-electron chi connectivity index (χ2n) is 6.87. The molecule has 0 bridgehead atoms. The largest absolute Gasteiger partial charge is 0.465 e. The lowest BCUT2D eigenvalue weighted by Gasteiger charge is -2.13. The van der Waals surface area contributed by atoms with Crippen molar-refractivity contribution in [2.75, 3.05) is 25.3 Å². The Morgan fingerprint density at radius 2 is 1.75 bits per heavy atom. The van der Waals surface area contributed by atoms with Crippen molar-refractivity contribution in [1.82, 2.24) is 14.8 Å². The summed E-state index contributed by atoms with van der Waals surface area (Å²) in [5.41, 5.74) is 0.528. The Labute approximate surface area is 193 Å². The third-order valence-electron chi connectivity index (χ3n) is 4.31. The summed E-state index contributed by atoms with van der Waals surface area (Å²) in [7, 11) is 2.47. The highest BCUT2D eigenvalue weighted by molar-refractivity contribution is 7.99. The third-order valence-corrected chi connectivity index (χ3v) is 6.12. The van der Waals surface area contributed by atoms with Crippen molar-refractivity contribution in [3.8, 4) is 10.7 Å². The first-order chi connectivity index (χ1) is 15.3. The Hall–Kier alpha value is -3.18. The number of benzene rings is 1. The molecule has 0 aliphatic rings. The Morgan fingerprint density at radius 1 is 1.09 bits per heavy atom. The van der Waals surface area contributed by atoms with E-state index in [1.807, 2.05) is 35.9 Å². The lowest BCUT2D eigenvalue weighted by Crippen LogP contribution is -2.16. The van der Waals surface area contributed by atoms with Crippen molar-refractivity contribution in [1.29, 1.82) is 0 Å². The number of nitrogens with zero attached hydrogens (tertiary/aromatic N) is 3. The van der Waals surface area contributed by atoms with Crippen LogP contribution in [-0.2, 0) is 14.3 Å². The van der Waals surface area contributed by atoms with Crippen LogP contribution in [-0.4, -0.2) is 52.6 Å². The zero-order valence-corrected chi connectivity index (χ0v) is 19.6. The molecule has 9 nitrogen and oxygen atoms in total. The minimum absolute atomic E-state index is 0.0608. The SMILES string of the molecule is COC(=O)c1cc(NC(=O)CSc2nnc(-c3cccs3)n2C(C)C)cc(C(=O)OC)c1. The number of rotatable bonds is 8. The number of esters is 2. The standard InChI is InChI=1S/C21H22N4O5S2/c1-12(2)25-18(16-6-5-7-31-16)23-24-21(25)32-11-17(26)22-15-9-13(19(27)29-3)8-14(10-15)20(28)30-4/h5-10,12H,11H2,1-4H3,(H,22,26). The van der Waals surface area contributed by atoms with Gasteiger partial charge in [-0.15, -0.1) is 21.5 Å². The van der Waals surface area contributed by atoms with Crippen molar-refractivity contribution in [2.45, 2.75) is 25.0 Å². The van der Waals surface area contributed by atoms with Crippen molar-refractivity contribution in [3.05, 3.63) is 46.8 Å². The van der Waals surface area contributed by atoms with Gasteiger partial charge >= 0.3 is 11.9 Å². The third kappa shape index (κ3) is 5.35. The van der Waals surface area contributed by atoms with Crippen LogP contribution in [0.3, 0.4) is 0 Å². The Kier molecular flexibility index (Phi) is 7.65. The van der Waals surface area contributed by atoms with E-state index in [1.54, 1.807) is 11.3 Å². The van der Waals surface area contributed by atoms with Gasteiger partial charge in [0.1, 0.15) is 0 Å². The van der Waals surface area contributed by atoms with Gasteiger partial charge in [0, 0.05) is 11.7 Å². The highest BCUT2D eigenvalue weighted by Crippen LogP contribution is 2.30. The van der Waals surface area contributed by atoms with Gasteiger partial charge in [0.25, 0.3) is 0 Å². The maximum absolute atomic E-state index is 12.6. The molecule has 0 aliphatic carbocycles. The molecule has 0 aliphatic heterocycles. The normalized spacial score (nSPS) is 10.8. The lowest BCUT2D eigenvalue weighted by atomic mass is 10.1. The summed E-state index contributed by atoms with van der Waals surface area (Å²) < 4.78 is 11.4. The number of ether oxygens (including phenoxy) is 2. The smallest absolute Gasteiger partial charge is 0.337 e. The zero-order valence-electron chi connectivity index (χ0n) is 17.9. The Balaban J connectivity index is 1.75. The Morgan fingerprint density at radius 3 is 2.28 bits per heavy atom. The molecule has 2 aromatic heterocycles. The second kappa shape index (κ2) is 10.4. The minimum Gasteiger partial charge on any atom is -0.465 e. The number of hydrogen-bond donors (Lipinski definition) is 1. The predicted octanol–water partition coefficient (Wildman–Crippen LogP) is 3.89. The van der Waals surface area contributed by atoms with Crippen LogP contribution < -0.4 is 5.32 Å². The summed E-state index contributed by atoms with van der Waals surface area (Å²) in [6, 6.07) is 8.25. The molecular formula is C21H22N4O5S2. The van der Waals surface area contributed by atoms with Crippen LogP contribution in [0.15, 0.2) is 40.9 Å². The average Bonchev–Trinajstić information content (AvgIpc) is 3.45. The monoisotopic (exact) mass is 474 g/mol. The average molecular weight is 475 g/mol. The molecule has 0 spiro atoms. The van der Waals surface area contributed by atoms with Crippen LogP contribution in [0.25, 0.3) is 10.7 Å². The van der Waals surface area contributed by atoms with Crippen molar-refractivity contribution < 1.29 is 23.9 Å². The summed E-state index contributed by atoms with van der Waals surface area (Å²) in [5.74, 6) is -0.778. The summed E-state index contributed by atoms with van der Waals surface area (Å²) in [4.78, 5) is 37.4. The highest BCUT2D eigenvalue weighted by Gasteiger charge is 2.19. The fourth-order valence-electron chi connectivity index (χ4n) is 2.91. The van der Waals surface area contributed by atoms with Crippen LogP contribution >= 0.6 is 23.1 Å². The summed E-state index contributed by atoms with van der Waals surface area (Å²) in [6.07, 6.45) is 0. The van der Waals surface area contributed by atoms with E-state index in [4.69, 9.17) is 9.47 Å². The molecule has 1 amide bonds. The van der Waals surface area contributed by atoms with Gasteiger partial charge in [-0.25, -0.2) is 9.59 Å². The molecule has 0 radical (unpaired) electrons. The van der Waals surface area contributed by atoms with E-state index in [1.165, 1.54) is 44.2 Å². The first kappa shape index (κ1) is 23.5. The number of anilines is 1. The molecule has 0 saturated carbocycles. The molecule has 168 valence electrons. The number of thioether (sulfide) groups is 1. The van der Waals surface area contributed by atoms with Gasteiger partial charge in [0.15, 0.2) is 11.0 Å². The van der Waals surface area contributed by atoms with E-state index in [0.717, 1.165) is 10.7 Å². The highest BCUT2D eigenvalue weighted by atomic mass is 32.2. The van der Waals surface area contributed by atoms with Crippen LogP contribution in [0.5, 0.6) is 0 Å². The number of thiophene rings is 1. The van der Waals surface area contributed by atoms with Gasteiger partial charge in [0.05, 0.1) is 36.0 Å². The van der Waals surface area contributed by atoms with Gasteiger partial charge in [-0.1, -0.05) is 17.8 Å². The van der Waals surface area contributed by atoms with Crippen molar-refractivity contribution in [2.24, 2.45) is 0 Å². The van der Waals surface area contributed by atoms with Crippen molar-refractivity contribution >= 4 is 46.6 Å². The number of carbonyl (C=O) groups is 3. The van der Waals surface area contributed by atoms with Gasteiger partial charge in [-0.2, -0.15) is 0 Å². The maximum Gasteiger partial charge on any atom is 0.337 e. The number of hydrogen-bond acceptors (Lipinski definition) is 9. The molecule has 32 heavy (non-hydrogen) atoms. The number of amides is 1. The minimum atomic E-state index is -0.633. The first-order valence-electron chi connectivity index (χ1n) is 9.57. The summed E-state index contributed by atoms with van der Waals surface area (Å²) in [5, 5.41) is 13.8. The van der Waals surface area contributed by atoms with Gasteiger partial charge < -0.3 is 14.8 Å². The zero-order chi connectivity index (χ0) is 23.3. The number of carbonyl (C=O) groups excluding carboxylic acids is 3. The topological polar surface area (TPSA) is 112 Å². The second-order valence-corrected chi connectivity index (χ2v) is 8.76.